The molecule has 0 bridgehead atoms. The van der Waals surface area contributed by atoms with Crippen LogP contribution in [0.25, 0.3) is 0 Å². The van der Waals surface area contributed by atoms with Crippen molar-refractivity contribution in [1.29, 1.82) is 0 Å². The fourth-order valence-corrected chi connectivity index (χ4v) is 3.46. The molecule has 0 aromatic carbocycles. The Morgan fingerprint density at radius 1 is 1.24 bits per heavy atom. The fourth-order valence-electron chi connectivity index (χ4n) is 3.46. The van der Waals surface area contributed by atoms with Gasteiger partial charge in [-0.1, -0.05) is 0 Å². The number of hydrogen-bond donors (Lipinski definition) is 1. The van der Waals surface area contributed by atoms with Crippen molar-refractivity contribution in [2.45, 2.75) is 38.9 Å². The molecule has 1 N–H and O–H groups in total. The van der Waals surface area contributed by atoms with E-state index in [0.29, 0.717) is 26.3 Å². The molecule has 2 fully saturated rings. The van der Waals surface area contributed by atoms with Crippen LogP contribution in [0, 0.1) is 0 Å². The Morgan fingerprint density at radius 2 is 1.92 bits per heavy atom. The minimum absolute atomic E-state index is 0.207. The first-order chi connectivity index (χ1) is 12.1. The standard InChI is InChI=1S/C18H35N3O4/c1-3-21(4-2)18(23)13-20-9-7-19(8-10-20)12-16(22)14-24-15-17-6-5-11-25-17/h16-17,22H,3-15H2,1-2H3. The predicted molar refractivity (Wildman–Crippen MR) is 96.6 cm³/mol. The van der Waals surface area contributed by atoms with Gasteiger partial charge in [0.05, 0.1) is 32.0 Å². The van der Waals surface area contributed by atoms with Gasteiger partial charge in [0.1, 0.15) is 0 Å². The Balaban J connectivity index is 1.57. The van der Waals surface area contributed by atoms with Crippen molar-refractivity contribution in [3.05, 3.63) is 0 Å². The van der Waals surface area contributed by atoms with Gasteiger partial charge < -0.3 is 19.5 Å². The zero-order valence-electron chi connectivity index (χ0n) is 15.9. The van der Waals surface area contributed by atoms with Crippen molar-refractivity contribution in [2.75, 3.05) is 72.2 Å². The molecule has 2 aliphatic heterocycles. The third-order valence-electron chi connectivity index (χ3n) is 5.05. The third-order valence-corrected chi connectivity index (χ3v) is 5.05. The molecule has 0 aliphatic carbocycles. The van der Waals surface area contributed by atoms with Crippen LogP contribution in [0.2, 0.25) is 0 Å². The zero-order chi connectivity index (χ0) is 18.1. The Morgan fingerprint density at radius 3 is 2.52 bits per heavy atom. The molecule has 2 rings (SSSR count). The number of carbonyl (C=O) groups is 1. The van der Waals surface area contributed by atoms with Crippen LogP contribution < -0.4 is 0 Å². The number of piperazine rings is 1. The maximum absolute atomic E-state index is 12.2. The smallest absolute Gasteiger partial charge is 0.236 e. The maximum atomic E-state index is 12.2. The number of ether oxygens (including phenoxy) is 2. The van der Waals surface area contributed by atoms with Crippen LogP contribution in [0.5, 0.6) is 0 Å². The summed E-state index contributed by atoms with van der Waals surface area (Å²) in [5.74, 6) is 0.209. The Kier molecular flexibility index (Phi) is 9.12. The van der Waals surface area contributed by atoms with E-state index in [0.717, 1.165) is 58.7 Å². The molecule has 0 saturated carbocycles. The van der Waals surface area contributed by atoms with Crippen molar-refractivity contribution in [2.24, 2.45) is 0 Å². The number of aliphatic hydroxyl groups excluding tert-OH is 1. The lowest BCUT2D eigenvalue weighted by atomic mass is 10.2. The van der Waals surface area contributed by atoms with Crippen molar-refractivity contribution in [1.82, 2.24) is 14.7 Å². The molecule has 0 aromatic heterocycles. The van der Waals surface area contributed by atoms with Gasteiger partial charge in [-0.3, -0.25) is 14.6 Å². The van der Waals surface area contributed by atoms with Gasteiger partial charge in [0, 0.05) is 52.4 Å². The number of carbonyl (C=O) groups excluding carboxylic acids is 1. The molecule has 0 radical (unpaired) electrons. The second-order valence-electron chi connectivity index (χ2n) is 6.97. The van der Waals surface area contributed by atoms with Gasteiger partial charge in [-0.2, -0.15) is 0 Å². The molecule has 2 aliphatic rings. The summed E-state index contributed by atoms with van der Waals surface area (Å²) in [5, 5.41) is 10.1. The molecule has 25 heavy (non-hydrogen) atoms. The highest BCUT2D eigenvalue weighted by Crippen LogP contribution is 2.12. The van der Waals surface area contributed by atoms with Crippen LogP contribution in [0.1, 0.15) is 26.7 Å². The summed E-state index contributed by atoms with van der Waals surface area (Å²) in [6.45, 7) is 12.0. The van der Waals surface area contributed by atoms with E-state index in [-0.39, 0.29) is 12.0 Å². The van der Waals surface area contributed by atoms with E-state index in [1.54, 1.807) is 0 Å². The number of likely N-dealkylation sites (N-methyl/N-ethyl adjacent to an activating group) is 1. The summed E-state index contributed by atoms with van der Waals surface area (Å²) in [6, 6.07) is 0. The van der Waals surface area contributed by atoms with Crippen molar-refractivity contribution < 1.29 is 19.4 Å². The van der Waals surface area contributed by atoms with Gasteiger partial charge in [-0.15, -0.1) is 0 Å². The quantitative estimate of drug-likeness (QED) is 0.595. The monoisotopic (exact) mass is 357 g/mol. The first-order valence-electron chi connectivity index (χ1n) is 9.72. The molecule has 7 heteroatoms. The molecule has 2 saturated heterocycles. The molecule has 0 aromatic rings. The van der Waals surface area contributed by atoms with Crippen LogP contribution >= 0.6 is 0 Å². The van der Waals surface area contributed by atoms with Crippen LogP contribution in [-0.4, -0.2) is 110 Å². The lowest BCUT2D eigenvalue weighted by Crippen LogP contribution is -2.51. The molecular weight excluding hydrogens is 322 g/mol. The highest BCUT2D eigenvalue weighted by Gasteiger charge is 2.22. The largest absolute Gasteiger partial charge is 0.389 e. The molecular formula is C18H35N3O4. The van der Waals surface area contributed by atoms with Crippen molar-refractivity contribution in [3.8, 4) is 0 Å². The summed E-state index contributed by atoms with van der Waals surface area (Å²) in [6.07, 6.45) is 1.91. The van der Waals surface area contributed by atoms with Crippen LogP contribution in [0.15, 0.2) is 0 Å². The van der Waals surface area contributed by atoms with Crippen molar-refractivity contribution in [3.63, 3.8) is 0 Å². The maximum Gasteiger partial charge on any atom is 0.236 e. The first-order valence-corrected chi connectivity index (χ1v) is 9.72. The summed E-state index contributed by atoms with van der Waals surface area (Å²) < 4.78 is 11.1. The average Bonchev–Trinajstić information content (AvgIpc) is 3.11. The summed E-state index contributed by atoms with van der Waals surface area (Å²) in [5.41, 5.74) is 0. The SMILES string of the molecule is CCN(CC)C(=O)CN1CCN(CC(O)COCC2CCCO2)CC1. The van der Waals surface area contributed by atoms with Gasteiger partial charge in [-0.05, 0) is 26.7 Å². The average molecular weight is 357 g/mol. The summed E-state index contributed by atoms with van der Waals surface area (Å²) >= 11 is 0. The van der Waals surface area contributed by atoms with Gasteiger partial charge in [0.2, 0.25) is 5.91 Å². The predicted octanol–water partition coefficient (Wildman–Crippen LogP) is 0.0289. The van der Waals surface area contributed by atoms with E-state index < -0.39 is 6.10 Å². The van der Waals surface area contributed by atoms with Gasteiger partial charge in [0.25, 0.3) is 0 Å². The number of nitrogens with zero attached hydrogens (tertiary/aromatic N) is 3. The van der Waals surface area contributed by atoms with Gasteiger partial charge in [0.15, 0.2) is 0 Å². The van der Waals surface area contributed by atoms with Gasteiger partial charge in [-0.25, -0.2) is 0 Å². The fraction of sp³-hybridized carbons (Fsp3) is 0.944. The number of aliphatic hydroxyl groups is 1. The highest BCUT2D eigenvalue weighted by molar-refractivity contribution is 5.78. The topological polar surface area (TPSA) is 65.5 Å². The lowest BCUT2D eigenvalue weighted by molar-refractivity contribution is -0.132. The molecule has 7 nitrogen and oxygen atoms in total. The number of rotatable bonds is 10. The van der Waals surface area contributed by atoms with Crippen molar-refractivity contribution >= 4 is 5.91 Å². The molecule has 1 amide bonds. The zero-order valence-corrected chi connectivity index (χ0v) is 15.9. The molecule has 2 atom stereocenters. The van der Waals surface area contributed by atoms with Crippen LogP contribution in [-0.2, 0) is 14.3 Å². The summed E-state index contributed by atoms with van der Waals surface area (Å²) in [7, 11) is 0. The Labute approximate surface area is 151 Å². The lowest BCUT2D eigenvalue weighted by Gasteiger charge is -2.36. The molecule has 146 valence electrons. The Bertz CT molecular complexity index is 379. The second-order valence-corrected chi connectivity index (χ2v) is 6.97. The van der Waals surface area contributed by atoms with E-state index >= 15 is 0 Å². The Hall–Kier alpha value is -0.730. The van der Waals surface area contributed by atoms with E-state index in [9.17, 15) is 9.90 Å². The van der Waals surface area contributed by atoms with Crippen LogP contribution in [0.3, 0.4) is 0 Å². The molecule has 2 heterocycles. The third kappa shape index (κ3) is 7.19. The molecule has 2 unspecified atom stereocenters. The normalized spacial score (nSPS) is 23.7. The highest BCUT2D eigenvalue weighted by atomic mass is 16.5. The van der Waals surface area contributed by atoms with E-state index in [1.165, 1.54) is 0 Å². The number of hydrogen-bond acceptors (Lipinski definition) is 6. The molecule has 0 spiro atoms. The van der Waals surface area contributed by atoms with Gasteiger partial charge >= 0.3 is 0 Å². The number of amides is 1. The summed E-state index contributed by atoms with van der Waals surface area (Å²) in [4.78, 5) is 18.5. The van der Waals surface area contributed by atoms with E-state index in [2.05, 4.69) is 9.80 Å². The first kappa shape index (κ1) is 20.6. The number of β-amino-alcohol motifs (C(OH)–C–C–N with tert-alkyl or cyclic N) is 1. The van der Waals surface area contributed by atoms with E-state index in [4.69, 9.17) is 9.47 Å². The minimum atomic E-state index is -0.467. The van der Waals surface area contributed by atoms with E-state index in [1.807, 2.05) is 18.7 Å². The minimum Gasteiger partial charge on any atom is -0.389 e. The van der Waals surface area contributed by atoms with Crippen LogP contribution in [0.4, 0.5) is 0 Å². The second kappa shape index (κ2) is 11.1.